The number of ketones is 1. The van der Waals surface area contributed by atoms with Crippen molar-refractivity contribution in [3.63, 3.8) is 0 Å². The number of hydrogen-bond acceptors (Lipinski definition) is 6. The number of alkyl carbamates (subject to hydrolysis) is 1. The van der Waals surface area contributed by atoms with Crippen molar-refractivity contribution < 1.29 is 28.7 Å². The van der Waals surface area contributed by atoms with E-state index < -0.39 is 52.8 Å². The predicted octanol–water partition coefficient (Wildman–Crippen LogP) is 2.99. The number of carbonyl (C=O) groups excluding carboxylic acids is 5. The maximum Gasteiger partial charge on any atom is 0.408 e. The van der Waals surface area contributed by atoms with Gasteiger partial charge in [-0.25, -0.2) is 4.79 Å². The Labute approximate surface area is 234 Å². The van der Waals surface area contributed by atoms with Gasteiger partial charge in [0, 0.05) is 6.54 Å². The maximum atomic E-state index is 14.0. The minimum absolute atomic E-state index is 0.0750. The summed E-state index contributed by atoms with van der Waals surface area (Å²) in [6.07, 6.45) is 2.71. The minimum atomic E-state index is -0.935. The average molecular weight is 567 g/mol. The maximum absolute atomic E-state index is 14.0. The summed E-state index contributed by atoms with van der Waals surface area (Å²) in [5.41, 5.74) is -1.52. The summed E-state index contributed by atoms with van der Waals surface area (Å²) < 4.78 is 5.41. The highest BCUT2D eigenvalue weighted by Gasteiger charge is 2.70. The molecule has 6 atom stereocenters. The number of Topliss-reactive ketones (excluding diaryl/α,β-unsaturated/α-hetero) is 1. The topological polar surface area (TPSA) is 134 Å². The van der Waals surface area contributed by atoms with E-state index >= 15 is 0 Å². The number of ether oxygens (including phenoxy) is 1. The normalized spacial score (nSPS) is 25.8. The van der Waals surface area contributed by atoms with Gasteiger partial charge in [-0.3, -0.25) is 19.2 Å². The summed E-state index contributed by atoms with van der Waals surface area (Å²) in [7, 11) is 0.0771. The molecular weight excluding hydrogens is 519 g/mol. The summed E-state index contributed by atoms with van der Waals surface area (Å²) in [5, 5.41) is 8.19. The number of carbonyl (C=O) groups is 5. The van der Waals surface area contributed by atoms with Gasteiger partial charge in [0.05, 0.1) is 6.04 Å². The second-order valence-corrected chi connectivity index (χ2v) is 14.7. The van der Waals surface area contributed by atoms with Crippen LogP contribution >= 0.6 is 8.73 Å². The Morgan fingerprint density at radius 1 is 1.03 bits per heavy atom. The van der Waals surface area contributed by atoms with Crippen LogP contribution in [0.25, 0.3) is 0 Å². The Morgan fingerprint density at radius 3 is 2.13 bits per heavy atom. The zero-order chi connectivity index (χ0) is 29.5. The fraction of sp³-hybridized carbons (Fsp3) is 0.821. The summed E-state index contributed by atoms with van der Waals surface area (Å²) >= 11 is 0. The molecule has 2 saturated carbocycles. The number of hydrogen-bond donors (Lipinski definition) is 3. The smallest absolute Gasteiger partial charge is 0.408 e. The number of piperidine rings is 1. The molecule has 220 valence electrons. The van der Waals surface area contributed by atoms with Crippen LogP contribution in [0.15, 0.2) is 0 Å². The van der Waals surface area contributed by atoms with E-state index in [1.165, 1.54) is 0 Å². The molecule has 39 heavy (non-hydrogen) atoms. The molecule has 0 aromatic rings. The van der Waals surface area contributed by atoms with Gasteiger partial charge in [0.15, 0.2) is 0 Å². The van der Waals surface area contributed by atoms with E-state index in [4.69, 9.17) is 4.74 Å². The van der Waals surface area contributed by atoms with Crippen molar-refractivity contribution >= 4 is 38.3 Å². The third kappa shape index (κ3) is 7.11. The van der Waals surface area contributed by atoms with E-state index in [2.05, 4.69) is 29.6 Å². The molecule has 4 amide bonds. The van der Waals surface area contributed by atoms with Gasteiger partial charge in [-0.05, 0) is 71.2 Å². The summed E-state index contributed by atoms with van der Waals surface area (Å²) in [6.45, 7) is 17.1. The van der Waals surface area contributed by atoms with E-state index in [-0.39, 0.29) is 37.8 Å². The van der Waals surface area contributed by atoms with E-state index in [0.29, 0.717) is 13.0 Å². The molecule has 10 nitrogen and oxygen atoms in total. The Morgan fingerprint density at radius 2 is 1.64 bits per heavy atom. The lowest BCUT2D eigenvalue weighted by molar-refractivity contribution is -0.145. The van der Waals surface area contributed by atoms with Crippen LogP contribution in [0.3, 0.4) is 0 Å². The zero-order valence-corrected chi connectivity index (χ0v) is 25.9. The van der Waals surface area contributed by atoms with Gasteiger partial charge in [0.1, 0.15) is 17.7 Å². The van der Waals surface area contributed by atoms with Gasteiger partial charge in [-0.2, -0.15) is 0 Å². The van der Waals surface area contributed by atoms with Crippen LogP contribution in [0.1, 0.15) is 81.1 Å². The second kappa shape index (κ2) is 11.3. The lowest BCUT2D eigenvalue weighted by atomic mass is 9.80. The lowest BCUT2D eigenvalue weighted by Gasteiger charge is -2.38. The van der Waals surface area contributed by atoms with Crippen molar-refractivity contribution in [3.05, 3.63) is 0 Å². The molecule has 3 rings (SSSR count). The van der Waals surface area contributed by atoms with Crippen molar-refractivity contribution in [2.45, 2.75) is 105 Å². The van der Waals surface area contributed by atoms with Crippen LogP contribution in [0, 0.1) is 28.6 Å². The summed E-state index contributed by atoms with van der Waals surface area (Å²) in [5.74, 6) is -1.78. The zero-order valence-electron chi connectivity index (χ0n) is 24.9. The van der Waals surface area contributed by atoms with Gasteiger partial charge in [0.25, 0.3) is 5.91 Å². The van der Waals surface area contributed by atoms with Gasteiger partial charge in [-0.1, -0.05) is 53.9 Å². The van der Waals surface area contributed by atoms with E-state index in [1.54, 1.807) is 32.3 Å². The van der Waals surface area contributed by atoms with Gasteiger partial charge in [-0.15, -0.1) is 0 Å². The average Bonchev–Trinajstić information content (AvgIpc) is 3.10. The molecule has 0 spiro atoms. The molecule has 3 aliphatic rings. The molecule has 0 radical (unpaired) electrons. The molecule has 0 aromatic carbocycles. The largest absolute Gasteiger partial charge is 0.444 e. The SMILES string of the molecule is CPNC(=O)C(=O)C(CC1CCC1)NC(=O)[C@@H]1[C@@H]2[C@H](CN1C(=O)[C@@H](NC(=O)OC(C)(C)C)C(C)(C)C)C2(C)C. The first-order chi connectivity index (χ1) is 17.9. The third-order valence-corrected chi connectivity index (χ3v) is 8.90. The summed E-state index contributed by atoms with van der Waals surface area (Å²) in [4.78, 5) is 67.4. The number of rotatable bonds is 9. The Bertz CT molecular complexity index is 997. The van der Waals surface area contributed by atoms with Crippen molar-refractivity contribution in [2.75, 3.05) is 13.2 Å². The van der Waals surface area contributed by atoms with E-state index in [9.17, 15) is 24.0 Å². The van der Waals surface area contributed by atoms with Crippen molar-refractivity contribution in [1.82, 2.24) is 20.6 Å². The third-order valence-electron chi connectivity index (χ3n) is 8.42. The van der Waals surface area contributed by atoms with E-state index in [0.717, 1.165) is 19.3 Å². The van der Waals surface area contributed by atoms with Gasteiger partial charge < -0.3 is 25.4 Å². The van der Waals surface area contributed by atoms with Crippen molar-refractivity contribution in [2.24, 2.45) is 28.6 Å². The van der Waals surface area contributed by atoms with Crippen LogP contribution in [-0.4, -0.2) is 71.4 Å². The quantitative estimate of drug-likeness (QED) is 0.290. The molecule has 0 aromatic heterocycles. The number of nitrogens with zero attached hydrogens (tertiary/aromatic N) is 1. The van der Waals surface area contributed by atoms with Gasteiger partial charge in [0.2, 0.25) is 17.6 Å². The van der Waals surface area contributed by atoms with Crippen LogP contribution in [0.2, 0.25) is 0 Å². The predicted molar refractivity (Wildman–Crippen MR) is 150 cm³/mol. The van der Waals surface area contributed by atoms with Crippen LogP contribution in [0.5, 0.6) is 0 Å². The lowest BCUT2D eigenvalue weighted by Crippen LogP contribution is -2.61. The molecule has 3 fully saturated rings. The number of likely N-dealkylation sites (tertiary alicyclic amines) is 1. The summed E-state index contributed by atoms with van der Waals surface area (Å²) in [6, 6.07) is -2.65. The molecule has 2 unspecified atom stereocenters. The first kappa shape index (κ1) is 31.3. The standard InChI is InChI=1S/C28H47N4O6P/c1-26(2,3)21(30-25(37)38-27(4,5)6)24(36)32-14-16-18(28(16,7)8)19(32)22(34)29-17(13-15-11-10-12-15)20(33)23(35)31-39-9/h15-19,21,39H,10-14H2,1-9H3,(H,29,34)(H,30,37)(H,31,35)/t16-,17?,18-,19-,21+/m0/s1. The second-order valence-electron chi connectivity index (χ2n) is 14.0. The van der Waals surface area contributed by atoms with Crippen LogP contribution < -0.4 is 15.7 Å². The molecule has 2 aliphatic carbocycles. The highest BCUT2D eigenvalue weighted by molar-refractivity contribution is 7.35. The number of nitrogens with one attached hydrogen (secondary N) is 3. The highest BCUT2D eigenvalue weighted by Crippen LogP contribution is 2.65. The van der Waals surface area contributed by atoms with Crippen LogP contribution in [-0.2, 0) is 23.9 Å². The molecule has 11 heteroatoms. The van der Waals surface area contributed by atoms with E-state index in [1.807, 2.05) is 20.8 Å². The first-order valence-corrected chi connectivity index (χ1v) is 15.5. The molecule has 0 bridgehead atoms. The monoisotopic (exact) mass is 566 g/mol. The Hall–Kier alpha value is -2.22. The Kier molecular flexibility index (Phi) is 9.10. The fourth-order valence-corrected chi connectivity index (χ4v) is 6.29. The van der Waals surface area contributed by atoms with Crippen molar-refractivity contribution in [3.8, 4) is 0 Å². The van der Waals surface area contributed by atoms with Crippen LogP contribution in [0.4, 0.5) is 4.79 Å². The highest BCUT2D eigenvalue weighted by atomic mass is 31.1. The minimum Gasteiger partial charge on any atom is -0.444 e. The number of fused-ring (bicyclic) bond motifs is 1. The molecule has 1 heterocycles. The number of amides is 4. The van der Waals surface area contributed by atoms with Crippen molar-refractivity contribution in [1.29, 1.82) is 0 Å². The first-order valence-electron chi connectivity index (χ1n) is 14.0. The molecule has 1 saturated heterocycles. The fourth-order valence-electron chi connectivity index (χ4n) is 5.94. The molecular formula is C28H47N4O6P. The van der Waals surface area contributed by atoms with Gasteiger partial charge >= 0.3 is 6.09 Å². The Balaban J connectivity index is 1.84. The molecule has 3 N–H and O–H groups in total. The molecule has 1 aliphatic heterocycles.